The van der Waals surface area contributed by atoms with E-state index in [1.165, 1.54) is 18.4 Å². The van der Waals surface area contributed by atoms with E-state index in [0.717, 1.165) is 30.4 Å². The van der Waals surface area contributed by atoms with Gasteiger partial charge in [0.2, 0.25) is 0 Å². The summed E-state index contributed by atoms with van der Waals surface area (Å²) in [7, 11) is 1.69. The van der Waals surface area contributed by atoms with E-state index in [4.69, 9.17) is 14.7 Å². The summed E-state index contributed by atoms with van der Waals surface area (Å²) in [6, 6.07) is 18.1. The maximum absolute atomic E-state index is 8.79. The van der Waals surface area contributed by atoms with Crippen molar-refractivity contribution >= 4 is 0 Å². The largest absolute Gasteiger partial charge is 0.497 e. The number of hydrogen-bond acceptors (Lipinski definition) is 4. The lowest BCUT2D eigenvalue weighted by Gasteiger charge is -2.19. The maximum Gasteiger partial charge on any atom is 0.119 e. The van der Waals surface area contributed by atoms with E-state index in [9.17, 15) is 0 Å². The molecule has 25 heavy (non-hydrogen) atoms. The summed E-state index contributed by atoms with van der Waals surface area (Å²) in [5.74, 6) is 2.45. The van der Waals surface area contributed by atoms with Crippen molar-refractivity contribution in [1.82, 2.24) is 5.32 Å². The van der Waals surface area contributed by atoms with Gasteiger partial charge < -0.3 is 14.8 Å². The number of nitriles is 1. The highest BCUT2D eigenvalue weighted by atomic mass is 16.5. The van der Waals surface area contributed by atoms with Crippen molar-refractivity contribution in [2.45, 2.75) is 25.3 Å². The summed E-state index contributed by atoms with van der Waals surface area (Å²) in [5.41, 5.74) is 1.98. The van der Waals surface area contributed by atoms with E-state index < -0.39 is 0 Å². The lowest BCUT2D eigenvalue weighted by atomic mass is 10.0. The van der Waals surface area contributed by atoms with Crippen LogP contribution in [0.1, 0.15) is 36.4 Å². The third-order valence-corrected chi connectivity index (χ3v) is 4.51. The van der Waals surface area contributed by atoms with Gasteiger partial charge in [-0.25, -0.2) is 0 Å². The Labute approximate surface area is 149 Å². The molecule has 1 saturated carbocycles. The average molecular weight is 336 g/mol. The van der Waals surface area contributed by atoms with Gasteiger partial charge in [0.1, 0.15) is 11.5 Å². The summed E-state index contributed by atoms with van der Waals surface area (Å²) in [5, 5.41) is 12.5. The van der Waals surface area contributed by atoms with Gasteiger partial charge in [-0.1, -0.05) is 12.1 Å². The predicted octanol–water partition coefficient (Wildman–Crippen LogP) is 4.08. The molecule has 0 spiro atoms. The average Bonchev–Trinajstić information content (AvgIpc) is 3.50. The van der Waals surface area contributed by atoms with E-state index in [2.05, 4.69) is 23.5 Å². The van der Waals surface area contributed by atoms with Gasteiger partial charge in [0.25, 0.3) is 0 Å². The first-order chi connectivity index (χ1) is 12.3. The van der Waals surface area contributed by atoms with Gasteiger partial charge in [-0.2, -0.15) is 5.26 Å². The molecule has 0 saturated heterocycles. The van der Waals surface area contributed by atoms with Gasteiger partial charge in [-0.3, -0.25) is 0 Å². The van der Waals surface area contributed by atoms with Crippen molar-refractivity contribution in [3.8, 4) is 17.6 Å². The van der Waals surface area contributed by atoms with E-state index in [0.29, 0.717) is 18.2 Å². The molecule has 1 aliphatic carbocycles. The molecule has 3 rings (SSSR count). The first-order valence-corrected chi connectivity index (χ1v) is 8.80. The Bertz CT molecular complexity index is 700. The van der Waals surface area contributed by atoms with Crippen molar-refractivity contribution in [1.29, 1.82) is 5.26 Å². The minimum atomic E-state index is 0.417. The molecule has 1 unspecified atom stereocenters. The second-order valence-corrected chi connectivity index (χ2v) is 6.38. The fourth-order valence-corrected chi connectivity index (χ4v) is 2.94. The van der Waals surface area contributed by atoms with Crippen LogP contribution in [-0.2, 0) is 0 Å². The predicted molar refractivity (Wildman–Crippen MR) is 97.7 cm³/mol. The molecule has 1 aliphatic rings. The molecule has 130 valence electrons. The van der Waals surface area contributed by atoms with Crippen LogP contribution in [-0.4, -0.2) is 20.3 Å². The molecule has 2 aromatic carbocycles. The van der Waals surface area contributed by atoms with Crippen molar-refractivity contribution in [2.24, 2.45) is 5.92 Å². The number of ether oxygens (including phenoxy) is 2. The SMILES string of the molecule is COc1ccc(C(NCCCOc2ccc(C#N)cc2)C2CC2)cc1. The Kier molecular flexibility index (Phi) is 5.92. The highest BCUT2D eigenvalue weighted by molar-refractivity contribution is 5.34. The molecule has 1 fully saturated rings. The summed E-state index contributed by atoms with van der Waals surface area (Å²) in [6.45, 7) is 1.59. The van der Waals surface area contributed by atoms with Crippen LogP contribution in [0, 0.1) is 17.2 Å². The molecular formula is C21H24N2O2. The third kappa shape index (κ3) is 4.98. The Balaban J connectivity index is 1.43. The minimum Gasteiger partial charge on any atom is -0.497 e. The molecule has 0 aliphatic heterocycles. The lowest BCUT2D eigenvalue weighted by molar-refractivity contribution is 0.303. The van der Waals surface area contributed by atoms with E-state index in [-0.39, 0.29) is 0 Å². The third-order valence-electron chi connectivity index (χ3n) is 4.51. The van der Waals surface area contributed by atoms with Gasteiger partial charge in [0.15, 0.2) is 0 Å². The normalized spacial score (nSPS) is 14.6. The maximum atomic E-state index is 8.79. The zero-order valence-electron chi connectivity index (χ0n) is 14.6. The van der Waals surface area contributed by atoms with Crippen molar-refractivity contribution in [2.75, 3.05) is 20.3 Å². The van der Waals surface area contributed by atoms with Gasteiger partial charge in [0, 0.05) is 6.04 Å². The van der Waals surface area contributed by atoms with Gasteiger partial charge >= 0.3 is 0 Å². The monoisotopic (exact) mass is 336 g/mol. The molecule has 2 aromatic rings. The molecule has 0 radical (unpaired) electrons. The van der Waals surface area contributed by atoms with Gasteiger partial charge in [-0.05, 0) is 73.7 Å². The van der Waals surface area contributed by atoms with Crippen molar-refractivity contribution < 1.29 is 9.47 Å². The zero-order chi connectivity index (χ0) is 17.5. The first-order valence-electron chi connectivity index (χ1n) is 8.80. The summed E-state index contributed by atoms with van der Waals surface area (Å²) >= 11 is 0. The van der Waals surface area contributed by atoms with E-state index in [1.807, 2.05) is 24.3 Å². The summed E-state index contributed by atoms with van der Waals surface area (Å²) in [4.78, 5) is 0. The Morgan fingerprint density at radius 1 is 1.08 bits per heavy atom. The van der Waals surface area contributed by atoms with Crippen LogP contribution >= 0.6 is 0 Å². The molecule has 0 bridgehead atoms. The second kappa shape index (κ2) is 8.55. The standard InChI is InChI=1S/C21H24N2O2/c1-24-19-11-7-18(8-12-19)21(17-5-6-17)23-13-2-14-25-20-9-3-16(15-22)4-10-20/h3-4,7-12,17,21,23H,2,5-6,13-14H2,1H3. The number of nitrogens with zero attached hydrogens (tertiary/aromatic N) is 1. The fourth-order valence-electron chi connectivity index (χ4n) is 2.94. The van der Waals surface area contributed by atoms with Crippen LogP contribution in [0.2, 0.25) is 0 Å². The summed E-state index contributed by atoms with van der Waals surface area (Å²) in [6.07, 6.45) is 3.54. The smallest absolute Gasteiger partial charge is 0.119 e. The number of hydrogen-bond donors (Lipinski definition) is 1. The highest BCUT2D eigenvalue weighted by Gasteiger charge is 2.31. The topological polar surface area (TPSA) is 54.3 Å². The molecule has 4 nitrogen and oxygen atoms in total. The number of rotatable bonds is 9. The van der Waals surface area contributed by atoms with Crippen LogP contribution in [0.15, 0.2) is 48.5 Å². The molecule has 0 heterocycles. The fraction of sp³-hybridized carbons (Fsp3) is 0.381. The quantitative estimate of drug-likeness (QED) is 0.701. The Morgan fingerprint density at radius 3 is 2.36 bits per heavy atom. The first kappa shape index (κ1) is 17.3. The zero-order valence-corrected chi connectivity index (χ0v) is 14.6. The van der Waals surface area contributed by atoms with E-state index >= 15 is 0 Å². The second-order valence-electron chi connectivity index (χ2n) is 6.38. The van der Waals surface area contributed by atoms with Gasteiger partial charge in [0.05, 0.1) is 25.3 Å². The van der Waals surface area contributed by atoms with Crippen LogP contribution in [0.25, 0.3) is 0 Å². The van der Waals surface area contributed by atoms with Crippen LogP contribution in [0.5, 0.6) is 11.5 Å². The van der Waals surface area contributed by atoms with Crippen molar-refractivity contribution in [3.05, 3.63) is 59.7 Å². The molecule has 1 N–H and O–H groups in total. The van der Waals surface area contributed by atoms with Crippen LogP contribution in [0.3, 0.4) is 0 Å². The minimum absolute atomic E-state index is 0.417. The molecule has 4 heteroatoms. The van der Waals surface area contributed by atoms with Crippen molar-refractivity contribution in [3.63, 3.8) is 0 Å². The Morgan fingerprint density at radius 2 is 1.76 bits per heavy atom. The highest BCUT2D eigenvalue weighted by Crippen LogP contribution is 2.41. The van der Waals surface area contributed by atoms with Crippen LogP contribution in [0.4, 0.5) is 0 Å². The molecular weight excluding hydrogens is 312 g/mol. The summed E-state index contributed by atoms with van der Waals surface area (Å²) < 4.78 is 11.0. The molecule has 0 amide bonds. The van der Waals surface area contributed by atoms with E-state index in [1.54, 1.807) is 19.2 Å². The lowest BCUT2D eigenvalue weighted by Crippen LogP contribution is -2.25. The number of nitrogens with one attached hydrogen (secondary N) is 1. The number of benzene rings is 2. The van der Waals surface area contributed by atoms with Gasteiger partial charge in [-0.15, -0.1) is 0 Å². The Hall–Kier alpha value is -2.51. The number of methoxy groups -OCH3 is 1. The molecule has 0 aromatic heterocycles. The van der Waals surface area contributed by atoms with Crippen LogP contribution < -0.4 is 14.8 Å². The molecule has 1 atom stereocenters.